The summed E-state index contributed by atoms with van der Waals surface area (Å²) in [5.74, 6) is 0. The molecule has 3 heteroatoms. The highest BCUT2D eigenvalue weighted by molar-refractivity contribution is 7.26. The van der Waals surface area contributed by atoms with E-state index >= 15 is 0 Å². The van der Waals surface area contributed by atoms with Crippen LogP contribution in [-0.4, -0.2) is 5.54 Å². The second kappa shape index (κ2) is 6.60. The Morgan fingerprint density at radius 2 is 1.29 bits per heavy atom. The van der Waals surface area contributed by atoms with E-state index in [2.05, 4.69) is 98.5 Å². The lowest BCUT2D eigenvalue weighted by molar-refractivity contribution is 0.558. The molecule has 0 aliphatic rings. The highest BCUT2D eigenvalue weighted by atomic mass is 32.1. The van der Waals surface area contributed by atoms with Gasteiger partial charge in [0.05, 0.1) is 11.4 Å². The maximum Gasteiger partial charge on any atom is 0.159 e. The van der Waals surface area contributed by atoms with E-state index in [9.17, 15) is 0 Å². The Hall–Kier alpha value is -3.30. The molecular formula is C28H23NOS. The Bertz CT molecular complexity index is 1580. The molecule has 0 saturated heterocycles. The fourth-order valence-corrected chi connectivity index (χ4v) is 5.83. The van der Waals surface area contributed by atoms with E-state index in [1.165, 1.54) is 25.9 Å². The van der Waals surface area contributed by atoms with Crippen LogP contribution in [0.4, 0.5) is 11.4 Å². The largest absolute Gasteiger partial charge is 0.454 e. The van der Waals surface area contributed by atoms with Gasteiger partial charge in [0.25, 0.3) is 0 Å². The third-order valence-corrected chi connectivity index (χ3v) is 7.05. The molecular weight excluding hydrogens is 398 g/mol. The SMILES string of the molecule is CC(C)(C)N(c1cccc2c1oc1ccccc12)c1cccc2sc3ccccc3c12. The predicted octanol–water partition coefficient (Wildman–Crippen LogP) is 8.89. The summed E-state index contributed by atoms with van der Waals surface area (Å²) in [6.45, 7) is 6.80. The Morgan fingerprint density at radius 1 is 0.645 bits per heavy atom. The number of anilines is 2. The highest BCUT2D eigenvalue weighted by Gasteiger charge is 2.29. The topological polar surface area (TPSA) is 16.4 Å². The zero-order chi connectivity index (χ0) is 21.2. The van der Waals surface area contributed by atoms with Crippen molar-refractivity contribution < 1.29 is 4.42 Å². The lowest BCUT2D eigenvalue weighted by Gasteiger charge is -2.38. The molecule has 0 aliphatic carbocycles. The summed E-state index contributed by atoms with van der Waals surface area (Å²) in [6.07, 6.45) is 0. The van der Waals surface area contributed by atoms with E-state index in [0.29, 0.717) is 0 Å². The van der Waals surface area contributed by atoms with Crippen LogP contribution < -0.4 is 4.90 Å². The fraction of sp³-hybridized carbons (Fsp3) is 0.143. The average Bonchev–Trinajstić information content (AvgIpc) is 3.32. The van der Waals surface area contributed by atoms with Crippen molar-refractivity contribution in [2.24, 2.45) is 0 Å². The van der Waals surface area contributed by atoms with Crippen LogP contribution in [0.2, 0.25) is 0 Å². The standard InChI is InChI=1S/C28H23NOS/c1-28(2,3)29(21-13-9-17-25-26(21)20-11-5-7-16-24(20)31-25)22-14-8-12-19-18-10-4-6-15-23(18)30-27(19)22/h4-17H,1-3H3. The third kappa shape index (κ3) is 2.77. The minimum absolute atomic E-state index is 0.148. The van der Waals surface area contributed by atoms with E-state index in [1.54, 1.807) is 0 Å². The van der Waals surface area contributed by atoms with Crippen LogP contribution in [0.15, 0.2) is 89.3 Å². The van der Waals surface area contributed by atoms with Gasteiger partial charge in [-0.3, -0.25) is 0 Å². The zero-order valence-electron chi connectivity index (χ0n) is 17.8. The number of furan rings is 1. The first-order chi connectivity index (χ1) is 15.0. The van der Waals surface area contributed by atoms with E-state index in [-0.39, 0.29) is 5.54 Å². The van der Waals surface area contributed by atoms with Gasteiger partial charge in [-0.2, -0.15) is 0 Å². The number of hydrogen-bond donors (Lipinski definition) is 0. The first-order valence-electron chi connectivity index (χ1n) is 10.6. The summed E-state index contributed by atoms with van der Waals surface area (Å²) in [4.78, 5) is 2.44. The summed E-state index contributed by atoms with van der Waals surface area (Å²) in [7, 11) is 0. The van der Waals surface area contributed by atoms with Gasteiger partial charge in [-0.05, 0) is 51.1 Å². The fourth-order valence-electron chi connectivity index (χ4n) is 4.70. The summed E-state index contributed by atoms with van der Waals surface area (Å²) < 4.78 is 9.05. The van der Waals surface area contributed by atoms with Gasteiger partial charge >= 0.3 is 0 Å². The number of rotatable bonds is 2. The molecule has 0 atom stereocenters. The molecule has 2 aromatic heterocycles. The minimum atomic E-state index is -0.148. The van der Waals surface area contributed by atoms with Crippen molar-refractivity contribution in [3.05, 3.63) is 84.9 Å². The van der Waals surface area contributed by atoms with Gasteiger partial charge in [0.2, 0.25) is 0 Å². The van der Waals surface area contributed by atoms with Crippen LogP contribution in [0.3, 0.4) is 0 Å². The van der Waals surface area contributed by atoms with Crippen LogP contribution >= 0.6 is 11.3 Å². The molecule has 0 fully saturated rings. The van der Waals surface area contributed by atoms with Gasteiger partial charge in [-0.1, -0.05) is 54.6 Å². The molecule has 0 N–H and O–H groups in total. The number of thiophene rings is 1. The van der Waals surface area contributed by atoms with E-state index < -0.39 is 0 Å². The van der Waals surface area contributed by atoms with Gasteiger partial charge < -0.3 is 9.32 Å². The van der Waals surface area contributed by atoms with Crippen LogP contribution in [0.5, 0.6) is 0 Å². The third-order valence-electron chi connectivity index (χ3n) is 5.92. The first kappa shape index (κ1) is 18.5. The Labute approximate surface area is 185 Å². The van der Waals surface area contributed by atoms with Crippen LogP contribution in [0.1, 0.15) is 20.8 Å². The average molecular weight is 422 g/mol. The number of hydrogen-bond acceptors (Lipinski definition) is 3. The molecule has 6 aromatic rings. The van der Waals surface area contributed by atoms with Gasteiger partial charge in [0.15, 0.2) is 5.58 Å². The second-order valence-electron chi connectivity index (χ2n) is 9.01. The molecule has 0 radical (unpaired) electrons. The number of nitrogens with zero attached hydrogens (tertiary/aromatic N) is 1. The maximum absolute atomic E-state index is 6.42. The lowest BCUT2D eigenvalue weighted by atomic mass is 10.00. The van der Waals surface area contributed by atoms with Gasteiger partial charge in [0.1, 0.15) is 5.58 Å². The van der Waals surface area contributed by atoms with Crippen LogP contribution in [-0.2, 0) is 0 Å². The monoisotopic (exact) mass is 421 g/mol. The van der Waals surface area contributed by atoms with Crippen molar-refractivity contribution in [1.82, 2.24) is 0 Å². The van der Waals surface area contributed by atoms with Gasteiger partial charge in [-0.25, -0.2) is 0 Å². The molecule has 2 nitrogen and oxygen atoms in total. The zero-order valence-corrected chi connectivity index (χ0v) is 18.7. The first-order valence-corrected chi connectivity index (χ1v) is 11.4. The number of para-hydroxylation sites is 2. The maximum atomic E-state index is 6.42. The van der Waals surface area contributed by atoms with Crippen molar-refractivity contribution in [3.63, 3.8) is 0 Å². The van der Waals surface area contributed by atoms with Gasteiger partial charge in [-0.15, -0.1) is 11.3 Å². The van der Waals surface area contributed by atoms with E-state index in [0.717, 1.165) is 27.6 Å². The molecule has 6 rings (SSSR count). The summed E-state index contributed by atoms with van der Waals surface area (Å²) in [5, 5.41) is 4.94. The van der Waals surface area contributed by atoms with Crippen molar-refractivity contribution >= 4 is 64.8 Å². The van der Waals surface area contributed by atoms with Crippen molar-refractivity contribution in [2.45, 2.75) is 26.3 Å². The molecule has 152 valence electrons. The molecule has 0 saturated carbocycles. The quantitative estimate of drug-likeness (QED) is 0.277. The van der Waals surface area contributed by atoms with Crippen molar-refractivity contribution in [2.75, 3.05) is 4.90 Å². The summed E-state index contributed by atoms with van der Waals surface area (Å²) in [6, 6.07) is 30.1. The summed E-state index contributed by atoms with van der Waals surface area (Å²) in [5.41, 5.74) is 4.04. The summed E-state index contributed by atoms with van der Waals surface area (Å²) >= 11 is 1.86. The Morgan fingerprint density at radius 3 is 2.13 bits per heavy atom. The minimum Gasteiger partial charge on any atom is -0.454 e. The van der Waals surface area contributed by atoms with Crippen molar-refractivity contribution in [3.8, 4) is 0 Å². The molecule has 0 aliphatic heterocycles. The smallest absolute Gasteiger partial charge is 0.159 e. The van der Waals surface area contributed by atoms with E-state index in [4.69, 9.17) is 4.42 Å². The Balaban J connectivity index is 1.71. The highest BCUT2D eigenvalue weighted by Crippen LogP contribution is 2.46. The normalized spacial score (nSPS) is 12.4. The van der Waals surface area contributed by atoms with Gasteiger partial charge in [0, 0.05) is 36.5 Å². The van der Waals surface area contributed by atoms with Crippen molar-refractivity contribution in [1.29, 1.82) is 0 Å². The van der Waals surface area contributed by atoms with Crippen LogP contribution in [0.25, 0.3) is 42.1 Å². The second-order valence-corrected chi connectivity index (χ2v) is 10.1. The molecule has 0 bridgehead atoms. The molecule has 4 aromatic carbocycles. The number of benzene rings is 4. The molecule has 0 unspecified atom stereocenters. The molecule has 31 heavy (non-hydrogen) atoms. The Kier molecular flexibility index (Phi) is 3.93. The van der Waals surface area contributed by atoms with Crippen LogP contribution in [0, 0.1) is 0 Å². The molecule has 2 heterocycles. The molecule has 0 amide bonds. The lowest BCUT2D eigenvalue weighted by Crippen LogP contribution is -2.37. The molecule has 0 spiro atoms. The predicted molar refractivity (Wildman–Crippen MR) is 135 cm³/mol. The van der Waals surface area contributed by atoms with E-state index in [1.807, 2.05) is 23.5 Å². The number of fused-ring (bicyclic) bond motifs is 6.